The zero-order chi connectivity index (χ0) is 23.9. The van der Waals surface area contributed by atoms with Gasteiger partial charge in [0.05, 0.1) is 11.9 Å². The molecule has 0 saturated carbocycles. The average Bonchev–Trinajstić information content (AvgIpc) is 2.80. The van der Waals surface area contributed by atoms with Crippen LogP contribution < -0.4 is 14.4 Å². The van der Waals surface area contributed by atoms with Crippen LogP contribution >= 0.6 is 0 Å². The molecule has 0 radical (unpaired) electrons. The standard InChI is InChI=1S/C19H19F3N4O5S/c1-18(2)16(27)26(13-4-6-14(7-5-13)31-19(20,21)22)17(28)25(18)11-12-8-9-23-15(10-12)24-32(3,29)30/h4-10H,11H2,1-3H3,(H,23,24). The van der Waals surface area contributed by atoms with E-state index in [1.54, 1.807) is 6.07 Å². The topological polar surface area (TPSA) is 109 Å². The van der Waals surface area contributed by atoms with Gasteiger partial charge in [0.15, 0.2) is 0 Å². The molecule has 172 valence electrons. The van der Waals surface area contributed by atoms with E-state index in [0.717, 1.165) is 23.3 Å². The summed E-state index contributed by atoms with van der Waals surface area (Å²) in [6.45, 7) is 3.03. The number of rotatable bonds is 6. The number of ether oxygens (including phenoxy) is 1. The van der Waals surface area contributed by atoms with Gasteiger partial charge in [0, 0.05) is 12.7 Å². The molecule has 2 heterocycles. The van der Waals surface area contributed by atoms with E-state index < -0.39 is 39.6 Å². The minimum atomic E-state index is -4.87. The fraction of sp³-hybridized carbons (Fsp3) is 0.316. The van der Waals surface area contributed by atoms with Gasteiger partial charge in [-0.05, 0) is 55.8 Å². The molecule has 1 aromatic heterocycles. The first-order valence-electron chi connectivity index (χ1n) is 9.12. The Morgan fingerprint density at radius 3 is 2.31 bits per heavy atom. The highest BCUT2D eigenvalue weighted by Crippen LogP contribution is 2.34. The van der Waals surface area contributed by atoms with Gasteiger partial charge in [-0.1, -0.05) is 0 Å². The second-order valence-corrected chi connectivity index (χ2v) is 9.28. The number of nitrogens with one attached hydrogen (secondary N) is 1. The number of urea groups is 1. The number of hydrogen-bond donors (Lipinski definition) is 1. The van der Waals surface area contributed by atoms with Crippen molar-refractivity contribution in [1.82, 2.24) is 9.88 Å². The number of sulfonamides is 1. The van der Waals surface area contributed by atoms with Crippen LogP contribution in [0.5, 0.6) is 5.75 Å². The van der Waals surface area contributed by atoms with E-state index in [2.05, 4.69) is 14.4 Å². The van der Waals surface area contributed by atoms with Gasteiger partial charge < -0.3 is 9.64 Å². The minimum absolute atomic E-state index is 0.0374. The molecular formula is C19H19F3N4O5S. The van der Waals surface area contributed by atoms with Crippen molar-refractivity contribution in [1.29, 1.82) is 0 Å². The lowest BCUT2D eigenvalue weighted by Gasteiger charge is -2.27. The van der Waals surface area contributed by atoms with E-state index in [4.69, 9.17) is 0 Å². The number of alkyl halides is 3. The minimum Gasteiger partial charge on any atom is -0.406 e. The summed E-state index contributed by atoms with van der Waals surface area (Å²) in [4.78, 5) is 32.1. The molecule has 1 saturated heterocycles. The molecule has 9 nitrogen and oxygen atoms in total. The molecule has 1 aliphatic heterocycles. The summed E-state index contributed by atoms with van der Waals surface area (Å²) in [6, 6.07) is 6.68. The Bertz CT molecular complexity index is 1150. The summed E-state index contributed by atoms with van der Waals surface area (Å²) in [5.74, 6) is -1.01. The maximum atomic E-state index is 13.1. The van der Waals surface area contributed by atoms with E-state index in [9.17, 15) is 31.2 Å². The quantitative estimate of drug-likeness (QED) is 0.648. The van der Waals surface area contributed by atoms with Crippen molar-refractivity contribution in [2.45, 2.75) is 32.3 Å². The SMILES string of the molecule is CC1(C)C(=O)N(c2ccc(OC(F)(F)F)cc2)C(=O)N1Cc1ccnc(NS(C)(=O)=O)c1. The molecular weight excluding hydrogens is 453 g/mol. The maximum Gasteiger partial charge on any atom is 0.573 e. The van der Waals surface area contributed by atoms with Crippen LogP contribution in [0.25, 0.3) is 0 Å². The molecule has 1 aromatic carbocycles. The van der Waals surface area contributed by atoms with Crippen molar-refractivity contribution in [2.24, 2.45) is 0 Å². The van der Waals surface area contributed by atoms with Crippen molar-refractivity contribution in [3.05, 3.63) is 48.2 Å². The summed E-state index contributed by atoms with van der Waals surface area (Å²) < 4.78 is 65.9. The number of anilines is 2. The molecule has 13 heteroatoms. The zero-order valence-electron chi connectivity index (χ0n) is 17.2. The van der Waals surface area contributed by atoms with E-state index in [0.29, 0.717) is 5.56 Å². The van der Waals surface area contributed by atoms with Crippen LogP contribution in [0.2, 0.25) is 0 Å². The molecule has 0 bridgehead atoms. The fourth-order valence-electron chi connectivity index (χ4n) is 3.13. The summed E-state index contributed by atoms with van der Waals surface area (Å²) >= 11 is 0. The first kappa shape index (κ1) is 23.3. The van der Waals surface area contributed by atoms with Crippen LogP contribution in [-0.2, 0) is 21.4 Å². The predicted octanol–water partition coefficient (Wildman–Crippen LogP) is 3.10. The van der Waals surface area contributed by atoms with Crippen molar-refractivity contribution >= 4 is 33.5 Å². The van der Waals surface area contributed by atoms with Crippen LogP contribution in [0.3, 0.4) is 0 Å². The third-order valence-corrected chi connectivity index (χ3v) is 5.19. The number of pyridine rings is 1. The summed E-state index contributed by atoms with van der Waals surface area (Å²) in [6.07, 6.45) is -2.54. The number of nitrogens with zero attached hydrogens (tertiary/aromatic N) is 3. The van der Waals surface area contributed by atoms with E-state index in [-0.39, 0.29) is 18.1 Å². The molecule has 0 atom stereocenters. The number of carbonyl (C=O) groups is 2. The van der Waals surface area contributed by atoms with Gasteiger partial charge in [0.2, 0.25) is 10.0 Å². The average molecular weight is 472 g/mol. The lowest BCUT2D eigenvalue weighted by molar-refractivity contribution is -0.274. The Kier molecular flexibility index (Phi) is 5.80. The fourth-order valence-corrected chi connectivity index (χ4v) is 3.62. The Morgan fingerprint density at radius 2 is 1.75 bits per heavy atom. The van der Waals surface area contributed by atoms with E-state index in [1.165, 1.54) is 43.1 Å². The summed E-state index contributed by atoms with van der Waals surface area (Å²) in [7, 11) is -3.56. The monoisotopic (exact) mass is 472 g/mol. The largest absolute Gasteiger partial charge is 0.573 e. The zero-order valence-corrected chi connectivity index (χ0v) is 18.0. The number of hydrogen-bond acceptors (Lipinski definition) is 6. The Balaban J connectivity index is 1.85. The number of aromatic nitrogens is 1. The van der Waals surface area contributed by atoms with Gasteiger partial charge in [-0.25, -0.2) is 23.1 Å². The molecule has 1 N–H and O–H groups in total. The van der Waals surface area contributed by atoms with Crippen molar-refractivity contribution < 1.29 is 35.9 Å². The van der Waals surface area contributed by atoms with Crippen molar-refractivity contribution in [3.8, 4) is 5.75 Å². The second kappa shape index (κ2) is 7.97. The Morgan fingerprint density at radius 1 is 1.12 bits per heavy atom. The molecule has 32 heavy (non-hydrogen) atoms. The number of amides is 3. The first-order chi connectivity index (χ1) is 14.7. The smallest absolute Gasteiger partial charge is 0.406 e. The van der Waals surface area contributed by atoms with E-state index in [1.807, 2.05) is 0 Å². The second-order valence-electron chi connectivity index (χ2n) is 7.53. The third kappa shape index (κ3) is 5.10. The lowest BCUT2D eigenvalue weighted by atomic mass is 10.0. The highest BCUT2D eigenvalue weighted by molar-refractivity contribution is 7.92. The highest BCUT2D eigenvalue weighted by atomic mass is 32.2. The Labute approximate surface area is 181 Å². The van der Waals surface area contributed by atoms with Gasteiger partial charge in [-0.3, -0.25) is 9.52 Å². The van der Waals surface area contributed by atoms with Crippen LogP contribution in [0.15, 0.2) is 42.6 Å². The van der Waals surface area contributed by atoms with Gasteiger partial charge in [-0.15, -0.1) is 13.2 Å². The molecule has 1 aliphatic rings. The maximum absolute atomic E-state index is 13.1. The van der Waals surface area contributed by atoms with Gasteiger partial charge in [-0.2, -0.15) is 0 Å². The summed E-state index contributed by atoms with van der Waals surface area (Å²) in [5.41, 5.74) is -0.679. The van der Waals surface area contributed by atoms with Crippen LogP contribution in [0, 0.1) is 0 Å². The molecule has 3 amide bonds. The first-order valence-corrected chi connectivity index (χ1v) is 11.0. The van der Waals surface area contributed by atoms with Gasteiger partial charge in [0.1, 0.15) is 17.1 Å². The number of benzene rings is 1. The number of imide groups is 1. The van der Waals surface area contributed by atoms with Crippen LogP contribution in [0.1, 0.15) is 19.4 Å². The molecule has 0 unspecified atom stereocenters. The molecule has 3 rings (SSSR count). The molecule has 1 fully saturated rings. The predicted molar refractivity (Wildman–Crippen MR) is 108 cm³/mol. The highest BCUT2D eigenvalue weighted by Gasteiger charge is 2.51. The normalized spacial score (nSPS) is 16.4. The molecule has 2 aromatic rings. The third-order valence-electron chi connectivity index (χ3n) is 4.61. The van der Waals surface area contributed by atoms with E-state index >= 15 is 0 Å². The van der Waals surface area contributed by atoms with Crippen molar-refractivity contribution in [2.75, 3.05) is 15.9 Å². The van der Waals surface area contributed by atoms with Crippen molar-refractivity contribution in [3.63, 3.8) is 0 Å². The number of halogens is 3. The Hall–Kier alpha value is -3.35. The molecule has 0 aliphatic carbocycles. The summed E-state index contributed by atoms with van der Waals surface area (Å²) in [5, 5.41) is 0. The van der Waals surface area contributed by atoms with Gasteiger partial charge >= 0.3 is 12.4 Å². The molecule has 0 spiro atoms. The van der Waals surface area contributed by atoms with Crippen LogP contribution in [-0.4, -0.2) is 48.4 Å². The lowest BCUT2D eigenvalue weighted by Crippen LogP contribution is -2.43. The number of carbonyl (C=O) groups excluding carboxylic acids is 2. The van der Waals surface area contributed by atoms with Crippen LogP contribution in [0.4, 0.5) is 29.5 Å². The van der Waals surface area contributed by atoms with Gasteiger partial charge in [0.25, 0.3) is 5.91 Å².